The van der Waals surface area contributed by atoms with Gasteiger partial charge in [0.05, 0.1) is 0 Å². The fourth-order valence-corrected chi connectivity index (χ4v) is 1.12. The third-order valence-electron chi connectivity index (χ3n) is 1.78. The van der Waals surface area contributed by atoms with Crippen LogP contribution in [0.4, 0.5) is 0 Å². The van der Waals surface area contributed by atoms with Gasteiger partial charge in [0.2, 0.25) is 5.91 Å². The van der Waals surface area contributed by atoms with Gasteiger partial charge in [0, 0.05) is 12.6 Å². The molecular formula is C7H13NO2. The maximum atomic E-state index is 10.9. The highest BCUT2D eigenvalue weighted by Crippen LogP contribution is 2.26. The molecule has 1 aliphatic rings. The van der Waals surface area contributed by atoms with E-state index < -0.39 is 0 Å². The lowest BCUT2D eigenvalue weighted by molar-refractivity contribution is -0.134. The summed E-state index contributed by atoms with van der Waals surface area (Å²) in [5.74, 6) is -0.134. The van der Waals surface area contributed by atoms with Crippen LogP contribution in [0.5, 0.6) is 0 Å². The summed E-state index contributed by atoms with van der Waals surface area (Å²) in [7, 11) is 0. The van der Waals surface area contributed by atoms with Crippen molar-refractivity contribution in [2.45, 2.75) is 25.8 Å². The van der Waals surface area contributed by atoms with Crippen LogP contribution in [0.1, 0.15) is 19.8 Å². The molecule has 1 aliphatic carbocycles. The largest absolute Gasteiger partial charge is 0.387 e. The van der Waals surface area contributed by atoms with Crippen LogP contribution in [0.2, 0.25) is 0 Å². The summed E-state index contributed by atoms with van der Waals surface area (Å²) in [5, 5.41) is 8.52. The van der Waals surface area contributed by atoms with Crippen molar-refractivity contribution in [1.82, 2.24) is 4.90 Å². The van der Waals surface area contributed by atoms with E-state index in [2.05, 4.69) is 0 Å². The topological polar surface area (TPSA) is 40.5 Å². The summed E-state index contributed by atoms with van der Waals surface area (Å²) < 4.78 is 0. The van der Waals surface area contributed by atoms with Crippen LogP contribution < -0.4 is 0 Å². The van der Waals surface area contributed by atoms with Crippen LogP contribution in [0, 0.1) is 0 Å². The summed E-state index contributed by atoms with van der Waals surface area (Å²) in [5.41, 5.74) is 0. The van der Waals surface area contributed by atoms with E-state index in [1.54, 1.807) is 4.90 Å². The van der Waals surface area contributed by atoms with E-state index in [1.807, 2.05) is 6.92 Å². The summed E-state index contributed by atoms with van der Waals surface area (Å²) in [6.07, 6.45) is 2.22. The first kappa shape index (κ1) is 7.54. The average molecular weight is 143 g/mol. The Morgan fingerprint density at radius 2 is 2.30 bits per heavy atom. The molecule has 0 bridgehead atoms. The number of carbonyl (C=O) groups excluding carboxylic acids is 1. The second kappa shape index (κ2) is 3.01. The highest BCUT2D eigenvalue weighted by atomic mass is 16.3. The first-order valence-electron chi connectivity index (χ1n) is 3.70. The summed E-state index contributed by atoms with van der Waals surface area (Å²) in [4.78, 5) is 12.6. The number of rotatable bonds is 3. The van der Waals surface area contributed by atoms with Gasteiger partial charge < -0.3 is 10.0 Å². The summed E-state index contributed by atoms with van der Waals surface area (Å²) in [6.45, 7) is 2.32. The van der Waals surface area contributed by atoms with Crippen molar-refractivity contribution in [1.29, 1.82) is 0 Å². The van der Waals surface area contributed by atoms with Crippen molar-refractivity contribution in [2.24, 2.45) is 0 Å². The van der Waals surface area contributed by atoms with Gasteiger partial charge in [-0.1, -0.05) is 0 Å². The highest BCUT2D eigenvalue weighted by Gasteiger charge is 2.30. The predicted octanol–water partition coefficient (Wildman–Crippen LogP) is -0.0104. The molecule has 0 radical (unpaired) electrons. The molecule has 1 rings (SSSR count). The van der Waals surface area contributed by atoms with Crippen LogP contribution in [-0.2, 0) is 4.79 Å². The molecule has 0 aliphatic heterocycles. The third-order valence-corrected chi connectivity index (χ3v) is 1.78. The Balaban J connectivity index is 2.38. The van der Waals surface area contributed by atoms with E-state index in [9.17, 15) is 4.79 Å². The van der Waals surface area contributed by atoms with E-state index in [1.165, 1.54) is 0 Å². The second-order valence-electron chi connectivity index (χ2n) is 2.57. The molecule has 0 atom stereocenters. The molecule has 0 unspecified atom stereocenters. The molecule has 3 nitrogen and oxygen atoms in total. The molecule has 0 spiro atoms. The van der Waals surface area contributed by atoms with Gasteiger partial charge in [-0.25, -0.2) is 0 Å². The van der Waals surface area contributed by atoms with Gasteiger partial charge in [-0.05, 0) is 19.8 Å². The van der Waals surface area contributed by atoms with Gasteiger partial charge in [0.15, 0.2) is 0 Å². The molecule has 0 aromatic carbocycles. The summed E-state index contributed by atoms with van der Waals surface area (Å²) >= 11 is 0. The number of amides is 1. The Hall–Kier alpha value is -0.570. The molecular weight excluding hydrogens is 130 g/mol. The minimum absolute atomic E-state index is 0.134. The van der Waals surface area contributed by atoms with Crippen molar-refractivity contribution in [3.8, 4) is 0 Å². The van der Waals surface area contributed by atoms with Crippen LogP contribution >= 0.6 is 0 Å². The van der Waals surface area contributed by atoms with Gasteiger partial charge >= 0.3 is 0 Å². The minimum atomic E-state index is -0.343. The number of nitrogens with zero attached hydrogens (tertiary/aromatic N) is 1. The van der Waals surface area contributed by atoms with E-state index in [-0.39, 0.29) is 12.5 Å². The molecule has 1 fully saturated rings. The molecule has 3 heteroatoms. The molecule has 1 saturated carbocycles. The Morgan fingerprint density at radius 1 is 1.70 bits per heavy atom. The SMILES string of the molecule is CCN(C(=O)CO)C1CC1. The zero-order chi connectivity index (χ0) is 7.56. The fraction of sp³-hybridized carbons (Fsp3) is 0.857. The Morgan fingerprint density at radius 3 is 2.60 bits per heavy atom. The zero-order valence-corrected chi connectivity index (χ0v) is 6.21. The van der Waals surface area contributed by atoms with E-state index >= 15 is 0 Å². The van der Waals surface area contributed by atoms with Crippen molar-refractivity contribution in [3.63, 3.8) is 0 Å². The fourth-order valence-electron chi connectivity index (χ4n) is 1.12. The van der Waals surface area contributed by atoms with E-state index in [4.69, 9.17) is 5.11 Å². The number of aliphatic hydroxyl groups is 1. The molecule has 10 heavy (non-hydrogen) atoms. The van der Waals surface area contributed by atoms with Crippen LogP contribution in [0.25, 0.3) is 0 Å². The van der Waals surface area contributed by atoms with E-state index in [0.717, 1.165) is 19.4 Å². The minimum Gasteiger partial charge on any atom is -0.387 e. The lowest BCUT2D eigenvalue weighted by Crippen LogP contribution is -2.34. The zero-order valence-electron chi connectivity index (χ0n) is 6.21. The molecule has 0 aromatic rings. The predicted molar refractivity (Wildman–Crippen MR) is 37.5 cm³/mol. The van der Waals surface area contributed by atoms with Crippen LogP contribution in [0.15, 0.2) is 0 Å². The number of hydrogen-bond donors (Lipinski definition) is 1. The smallest absolute Gasteiger partial charge is 0.248 e. The van der Waals surface area contributed by atoms with Crippen molar-refractivity contribution in [3.05, 3.63) is 0 Å². The first-order chi connectivity index (χ1) is 4.79. The number of carbonyl (C=O) groups is 1. The quantitative estimate of drug-likeness (QED) is 0.603. The number of hydrogen-bond acceptors (Lipinski definition) is 2. The monoisotopic (exact) mass is 143 g/mol. The maximum Gasteiger partial charge on any atom is 0.248 e. The molecule has 0 saturated heterocycles. The Kier molecular flexibility index (Phi) is 2.27. The lowest BCUT2D eigenvalue weighted by Gasteiger charge is -2.18. The summed E-state index contributed by atoms with van der Waals surface area (Å²) in [6, 6.07) is 0.435. The van der Waals surface area contributed by atoms with Crippen molar-refractivity contribution in [2.75, 3.05) is 13.2 Å². The highest BCUT2D eigenvalue weighted by molar-refractivity contribution is 5.77. The molecule has 0 aromatic heterocycles. The molecule has 1 N–H and O–H groups in total. The maximum absolute atomic E-state index is 10.9. The third kappa shape index (κ3) is 1.48. The Labute approximate surface area is 60.6 Å². The molecule has 58 valence electrons. The molecule has 0 heterocycles. The van der Waals surface area contributed by atoms with Gasteiger partial charge in [-0.15, -0.1) is 0 Å². The normalized spacial score (nSPS) is 17.0. The lowest BCUT2D eigenvalue weighted by atomic mass is 10.4. The van der Waals surface area contributed by atoms with Crippen LogP contribution in [0.3, 0.4) is 0 Å². The molecule has 1 amide bonds. The Bertz CT molecular complexity index is 132. The van der Waals surface area contributed by atoms with Crippen molar-refractivity contribution < 1.29 is 9.90 Å². The van der Waals surface area contributed by atoms with Gasteiger partial charge in [-0.3, -0.25) is 4.79 Å². The van der Waals surface area contributed by atoms with Crippen molar-refractivity contribution >= 4 is 5.91 Å². The van der Waals surface area contributed by atoms with E-state index in [0.29, 0.717) is 6.04 Å². The van der Waals surface area contributed by atoms with Gasteiger partial charge in [0.1, 0.15) is 6.61 Å². The number of aliphatic hydroxyl groups excluding tert-OH is 1. The average Bonchev–Trinajstić information content (AvgIpc) is 2.73. The van der Waals surface area contributed by atoms with Crippen LogP contribution in [-0.4, -0.2) is 35.1 Å². The van der Waals surface area contributed by atoms with Gasteiger partial charge in [0.25, 0.3) is 0 Å². The first-order valence-corrected chi connectivity index (χ1v) is 3.70. The standard InChI is InChI=1S/C7H13NO2/c1-2-8(6-3-4-6)7(10)5-9/h6,9H,2-5H2,1H3. The van der Waals surface area contributed by atoms with Gasteiger partial charge in [-0.2, -0.15) is 0 Å². The number of likely N-dealkylation sites (N-methyl/N-ethyl adjacent to an activating group) is 1. The second-order valence-corrected chi connectivity index (χ2v) is 2.57.